The van der Waals surface area contributed by atoms with E-state index in [1.807, 2.05) is 6.07 Å². The molecule has 2 rings (SSSR count). The van der Waals surface area contributed by atoms with Crippen LogP contribution in [0.25, 0.3) is 0 Å². The van der Waals surface area contributed by atoms with Crippen LogP contribution in [0.4, 0.5) is 0 Å². The molecular formula is C19H28O6S. The first kappa shape index (κ1) is 20.9. The first-order valence-electron chi connectivity index (χ1n) is 9.34. The van der Waals surface area contributed by atoms with Gasteiger partial charge in [0.05, 0.1) is 24.4 Å². The molecule has 1 aromatic rings. The fraction of sp³-hybridized carbons (Fsp3) is 0.632. The highest BCUT2D eigenvalue weighted by Crippen LogP contribution is 2.25. The number of benzene rings is 1. The highest BCUT2D eigenvalue weighted by molar-refractivity contribution is 7.81. The Bertz CT molecular complexity index is 643. The summed E-state index contributed by atoms with van der Waals surface area (Å²) in [6, 6.07) is 8.84. The second kappa shape index (κ2) is 10.6. The van der Waals surface area contributed by atoms with E-state index >= 15 is 0 Å². The van der Waals surface area contributed by atoms with Crippen LogP contribution in [0.15, 0.2) is 30.3 Å². The minimum Gasteiger partial charge on any atom is -0.462 e. The highest BCUT2D eigenvalue weighted by Gasteiger charge is 2.29. The molecule has 0 saturated carbocycles. The Morgan fingerprint density at radius 3 is 2.27 bits per heavy atom. The minimum atomic E-state index is -3.93. The van der Waals surface area contributed by atoms with Crippen molar-refractivity contribution < 1.29 is 26.3 Å². The van der Waals surface area contributed by atoms with Crippen molar-refractivity contribution in [3.8, 4) is 0 Å². The first-order chi connectivity index (χ1) is 12.5. The van der Waals surface area contributed by atoms with Crippen LogP contribution in [0.3, 0.4) is 0 Å². The van der Waals surface area contributed by atoms with Gasteiger partial charge >= 0.3 is 16.4 Å². The van der Waals surface area contributed by atoms with E-state index in [-0.39, 0.29) is 18.2 Å². The Morgan fingerprint density at radius 1 is 1.04 bits per heavy atom. The molecule has 2 atom stereocenters. The number of carbonyl (C=O) groups excluding carboxylic acids is 1. The summed E-state index contributed by atoms with van der Waals surface area (Å²) in [6.07, 6.45) is 5.38. The monoisotopic (exact) mass is 384 g/mol. The molecule has 0 spiro atoms. The standard InChI is InChI=1S/C19H28O6S/c1-2-3-11-17-13-14-18(25-26(21,22)24-17)12-7-8-15-23-19(20)16-9-5-4-6-10-16/h4-6,9-10,17-18H,2-3,7-8,11-15H2,1H3/t17-,18-/m1/s1. The third-order valence-corrected chi connectivity index (χ3v) is 5.38. The van der Waals surface area contributed by atoms with E-state index in [1.165, 1.54) is 0 Å². The lowest BCUT2D eigenvalue weighted by Crippen LogP contribution is -2.19. The minimum absolute atomic E-state index is 0.281. The van der Waals surface area contributed by atoms with Crippen LogP contribution >= 0.6 is 0 Å². The summed E-state index contributed by atoms with van der Waals surface area (Å²) in [5.41, 5.74) is 0.529. The quantitative estimate of drug-likeness (QED) is 0.473. The summed E-state index contributed by atoms with van der Waals surface area (Å²) in [6.45, 7) is 2.37. The lowest BCUT2D eigenvalue weighted by atomic mass is 10.0. The molecule has 26 heavy (non-hydrogen) atoms. The number of hydrogen-bond acceptors (Lipinski definition) is 6. The van der Waals surface area contributed by atoms with Crippen LogP contribution in [0.5, 0.6) is 0 Å². The van der Waals surface area contributed by atoms with E-state index in [1.54, 1.807) is 24.3 Å². The van der Waals surface area contributed by atoms with Gasteiger partial charge in [-0.3, -0.25) is 0 Å². The third-order valence-electron chi connectivity index (χ3n) is 4.36. The molecule has 1 fully saturated rings. The predicted molar refractivity (Wildman–Crippen MR) is 98.0 cm³/mol. The fourth-order valence-electron chi connectivity index (χ4n) is 2.94. The maximum absolute atomic E-state index is 11.9. The number of unbranched alkanes of at least 4 members (excludes halogenated alkanes) is 2. The molecule has 7 heteroatoms. The summed E-state index contributed by atoms with van der Waals surface area (Å²) in [7, 11) is -3.93. The summed E-state index contributed by atoms with van der Waals surface area (Å²) in [5.74, 6) is -0.342. The zero-order valence-electron chi connectivity index (χ0n) is 15.3. The van der Waals surface area contributed by atoms with Crippen molar-refractivity contribution in [1.82, 2.24) is 0 Å². The average molecular weight is 384 g/mol. The van der Waals surface area contributed by atoms with Gasteiger partial charge < -0.3 is 4.74 Å². The number of hydrogen-bond donors (Lipinski definition) is 0. The van der Waals surface area contributed by atoms with E-state index in [0.717, 1.165) is 25.7 Å². The Labute approximate surface area is 156 Å². The van der Waals surface area contributed by atoms with Crippen LogP contribution in [-0.4, -0.2) is 33.2 Å². The van der Waals surface area contributed by atoms with Gasteiger partial charge in [-0.05, 0) is 50.7 Å². The van der Waals surface area contributed by atoms with Gasteiger partial charge in [-0.15, -0.1) is 0 Å². The van der Waals surface area contributed by atoms with Gasteiger partial charge in [0.25, 0.3) is 0 Å². The summed E-state index contributed by atoms with van der Waals surface area (Å²) >= 11 is 0. The first-order valence-corrected chi connectivity index (χ1v) is 10.7. The summed E-state index contributed by atoms with van der Waals surface area (Å²) in [4.78, 5) is 11.8. The molecule has 1 heterocycles. The van der Waals surface area contributed by atoms with Crippen LogP contribution < -0.4 is 0 Å². The third kappa shape index (κ3) is 7.43. The molecule has 0 radical (unpaired) electrons. The van der Waals surface area contributed by atoms with Gasteiger partial charge in [-0.25, -0.2) is 13.2 Å². The van der Waals surface area contributed by atoms with Gasteiger partial charge in [-0.1, -0.05) is 38.0 Å². The lowest BCUT2D eigenvalue weighted by Gasteiger charge is -2.12. The maximum Gasteiger partial charge on any atom is 0.400 e. The Balaban J connectivity index is 1.68. The number of rotatable bonds is 9. The van der Waals surface area contributed by atoms with E-state index in [0.29, 0.717) is 37.9 Å². The topological polar surface area (TPSA) is 78.9 Å². The average Bonchev–Trinajstić information content (AvgIpc) is 2.77. The molecule has 0 bridgehead atoms. The van der Waals surface area contributed by atoms with Gasteiger partial charge in [-0.2, -0.15) is 8.42 Å². The van der Waals surface area contributed by atoms with Crippen LogP contribution in [0.2, 0.25) is 0 Å². The molecule has 0 N–H and O–H groups in total. The second-order valence-corrected chi connectivity index (χ2v) is 7.76. The summed E-state index contributed by atoms with van der Waals surface area (Å²) < 4.78 is 39.2. The van der Waals surface area contributed by atoms with E-state index in [4.69, 9.17) is 13.1 Å². The second-order valence-electron chi connectivity index (χ2n) is 6.56. The van der Waals surface area contributed by atoms with Gasteiger partial charge in [0.1, 0.15) is 0 Å². The number of esters is 1. The normalized spacial score (nSPS) is 22.5. The van der Waals surface area contributed by atoms with Crippen molar-refractivity contribution >= 4 is 16.4 Å². The molecule has 1 aliphatic heterocycles. The van der Waals surface area contributed by atoms with Crippen molar-refractivity contribution in [2.45, 2.75) is 70.5 Å². The molecule has 0 unspecified atom stereocenters. The Hall–Kier alpha value is -1.44. The maximum atomic E-state index is 11.9. The molecule has 6 nitrogen and oxygen atoms in total. The van der Waals surface area contributed by atoms with Crippen molar-refractivity contribution in [1.29, 1.82) is 0 Å². The zero-order valence-corrected chi connectivity index (χ0v) is 16.1. The molecule has 146 valence electrons. The molecule has 0 aromatic heterocycles. The predicted octanol–water partition coefficient (Wildman–Crippen LogP) is 4.01. The summed E-state index contributed by atoms with van der Waals surface area (Å²) in [5, 5.41) is 0. The highest BCUT2D eigenvalue weighted by atomic mass is 32.3. The van der Waals surface area contributed by atoms with Gasteiger partial charge in [0.2, 0.25) is 0 Å². The van der Waals surface area contributed by atoms with Crippen LogP contribution in [0.1, 0.15) is 68.6 Å². The molecule has 1 aliphatic rings. The fourth-order valence-corrected chi connectivity index (χ4v) is 4.03. The molecule has 0 amide bonds. The molecule has 1 aromatic carbocycles. The molecule has 0 aliphatic carbocycles. The number of ether oxygens (including phenoxy) is 1. The molecular weight excluding hydrogens is 356 g/mol. The van der Waals surface area contributed by atoms with E-state index in [2.05, 4.69) is 6.92 Å². The van der Waals surface area contributed by atoms with Gasteiger partial charge in [0, 0.05) is 0 Å². The van der Waals surface area contributed by atoms with Crippen molar-refractivity contribution in [3.05, 3.63) is 35.9 Å². The van der Waals surface area contributed by atoms with Gasteiger partial charge in [0.15, 0.2) is 0 Å². The Morgan fingerprint density at radius 2 is 1.65 bits per heavy atom. The zero-order chi connectivity index (χ0) is 18.8. The largest absolute Gasteiger partial charge is 0.462 e. The van der Waals surface area contributed by atoms with E-state index < -0.39 is 10.4 Å². The van der Waals surface area contributed by atoms with Crippen molar-refractivity contribution in [3.63, 3.8) is 0 Å². The number of carbonyl (C=O) groups is 1. The Kier molecular flexibility index (Phi) is 8.54. The van der Waals surface area contributed by atoms with Crippen LogP contribution in [0, 0.1) is 0 Å². The molecule has 1 saturated heterocycles. The van der Waals surface area contributed by atoms with Crippen LogP contribution in [-0.2, 0) is 23.5 Å². The SMILES string of the molecule is CCCC[C@@H]1CC[C@@H](CCCCOC(=O)c2ccccc2)OS(=O)(=O)O1. The van der Waals surface area contributed by atoms with Crippen molar-refractivity contribution in [2.75, 3.05) is 6.61 Å². The smallest absolute Gasteiger partial charge is 0.400 e. The van der Waals surface area contributed by atoms with Crippen molar-refractivity contribution in [2.24, 2.45) is 0 Å². The lowest BCUT2D eigenvalue weighted by molar-refractivity contribution is 0.0494. The van der Waals surface area contributed by atoms with E-state index in [9.17, 15) is 13.2 Å².